The average molecular weight is 306 g/mol. The minimum atomic E-state index is -0.997. The van der Waals surface area contributed by atoms with Crippen LogP contribution in [0.2, 0.25) is 0 Å². The molecular weight excluding hydrogens is 295 g/mol. The molecule has 1 aromatic carbocycles. The lowest BCUT2D eigenvalue weighted by atomic mass is 10.3. The Hall–Kier alpha value is -0.820. The molecule has 14 heavy (non-hydrogen) atoms. The summed E-state index contributed by atoms with van der Waals surface area (Å²) >= 11 is 2.20. The van der Waals surface area contributed by atoms with E-state index in [0.717, 1.165) is 9.26 Å². The van der Waals surface area contributed by atoms with E-state index in [1.54, 1.807) is 0 Å². The van der Waals surface area contributed by atoms with Crippen LogP contribution >= 0.6 is 22.6 Å². The predicted molar refractivity (Wildman–Crippen MR) is 63.3 cm³/mol. The van der Waals surface area contributed by atoms with Gasteiger partial charge in [0.1, 0.15) is 6.04 Å². The van der Waals surface area contributed by atoms with E-state index >= 15 is 0 Å². The molecular formula is C9H11IN2O2. The summed E-state index contributed by atoms with van der Waals surface area (Å²) < 4.78 is 1.13. The van der Waals surface area contributed by atoms with Crippen LogP contribution in [0.25, 0.3) is 0 Å². The van der Waals surface area contributed by atoms with E-state index in [1.807, 2.05) is 24.3 Å². The SMILES string of the molecule is NC(CNc1ccc(I)cc1)C(=O)O. The molecule has 4 nitrogen and oxygen atoms in total. The predicted octanol–water partition coefficient (Wildman–Crippen LogP) is 1.11. The molecule has 0 bridgehead atoms. The minimum Gasteiger partial charge on any atom is -0.480 e. The Morgan fingerprint density at radius 2 is 2.07 bits per heavy atom. The number of halogens is 1. The summed E-state index contributed by atoms with van der Waals surface area (Å²) in [6.07, 6.45) is 0. The van der Waals surface area contributed by atoms with E-state index in [2.05, 4.69) is 27.9 Å². The van der Waals surface area contributed by atoms with Gasteiger partial charge < -0.3 is 16.2 Å². The number of aliphatic carboxylic acids is 1. The molecule has 5 heteroatoms. The maximum absolute atomic E-state index is 10.4. The highest BCUT2D eigenvalue weighted by Gasteiger charge is 2.09. The van der Waals surface area contributed by atoms with Gasteiger partial charge in [0.2, 0.25) is 0 Å². The number of hydrogen-bond donors (Lipinski definition) is 3. The number of nitrogens with two attached hydrogens (primary N) is 1. The Bertz CT molecular complexity index is 313. The van der Waals surface area contributed by atoms with Crippen LogP contribution in [0, 0.1) is 3.57 Å². The summed E-state index contributed by atoms with van der Waals surface area (Å²) in [5, 5.41) is 11.5. The zero-order chi connectivity index (χ0) is 10.6. The fourth-order valence-corrected chi connectivity index (χ4v) is 1.24. The van der Waals surface area contributed by atoms with Gasteiger partial charge in [-0.2, -0.15) is 0 Å². The van der Waals surface area contributed by atoms with E-state index in [0.29, 0.717) is 0 Å². The van der Waals surface area contributed by atoms with Crippen LogP contribution in [0.4, 0.5) is 5.69 Å². The van der Waals surface area contributed by atoms with Gasteiger partial charge in [0.25, 0.3) is 0 Å². The van der Waals surface area contributed by atoms with Crippen molar-refractivity contribution in [2.75, 3.05) is 11.9 Å². The lowest BCUT2D eigenvalue weighted by molar-refractivity contribution is -0.138. The first-order valence-corrected chi connectivity index (χ1v) is 5.15. The van der Waals surface area contributed by atoms with Crippen LogP contribution in [0.1, 0.15) is 0 Å². The second-order valence-corrected chi connectivity index (χ2v) is 4.08. The van der Waals surface area contributed by atoms with Crippen molar-refractivity contribution in [2.24, 2.45) is 5.73 Å². The second kappa shape index (κ2) is 5.16. The summed E-state index contributed by atoms with van der Waals surface area (Å²) in [7, 11) is 0. The summed E-state index contributed by atoms with van der Waals surface area (Å²) in [6.45, 7) is 0.232. The van der Waals surface area contributed by atoms with Crippen LogP contribution in [0.15, 0.2) is 24.3 Å². The fourth-order valence-electron chi connectivity index (χ4n) is 0.883. The van der Waals surface area contributed by atoms with Gasteiger partial charge in [-0.3, -0.25) is 4.79 Å². The van der Waals surface area contributed by atoms with Crippen LogP contribution in [-0.4, -0.2) is 23.7 Å². The minimum absolute atomic E-state index is 0.232. The number of nitrogens with one attached hydrogen (secondary N) is 1. The highest BCUT2D eigenvalue weighted by Crippen LogP contribution is 2.10. The number of carboxylic acid groups (broad SMARTS) is 1. The standard InChI is InChI=1S/C9H11IN2O2/c10-6-1-3-7(4-2-6)12-5-8(11)9(13)14/h1-4,8,12H,5,11H2,(H,13,14). The van der Waals surface area contributed by atoms with Crippen LogP contribution in [0.3, 0.4) is 0 Å². The van der Waals surface area contributed by atoms with E-state index in [4.69, 9.17) is 10.8 Å². The molecule has 4 N–H and O–H groups in total. The summed E-state index contributed by atoms with van der Waals surface area (Å²) in [6, 6.07) is 6.78. The molecule has 0 heterocycles. The number of carbonyl (C=O) groups is 1. The van der Waals surface area contributed by atoms with Gasteiger partial charge in [-0.25, -0.2) is 0 Å². The fraction of sp³-hybridized carbons (Fsp3) is 0.222. The lowest BCUT2D eigenvalue weighted by Gasteiger charge is -2.09. The molecule has 1 aromatic rings. The first kappa shape index (κ1) is 11.3. The third-order valence-corrected chi connectivity index (χ3v) is 2.41. The zero-order valence-corrected chi connectivity index (χ0v) is 9.56. The molecule has 0 aliphatic rings. The third kappa shape index (κ3) is 3.51. The molecule has 1 atom stereocenters. The summed E-state index contributed by atoms with van der Waals surface area (Å²) in [5.74, 6) is -0.997. The summed E-state index contributed by atoms with van der Waals surface area (Å²) in [4.78, 5) is 10.4. The van der Waals surface area contributed by atoms with Gasteiger partial charge in [-0.15, -0.1) is 0 Å². The van der Waals surface area contributed by atoms with Crippen molar-refractivity contribution in [2.45, 2.75) is 6.04 Å². The van der Waals surface area contributed by atoms with E-state index in [9.17, 15) is 4.79 Å². The third-order valence-electron chi connectivity index (χ3n) is 1.69. The number of rotatable bonds is 4. The van der Waals surface area contributed by atoms with Crippen molar-refractivity contribution >= 4 is 34.2 Å². The first-order valence-electron chi connectivity index (χ1n) is 4.07. The topological polar surface area (TPSA) is 75.3 Å². The van der Waals surface area contributed by atoms with Crippen molar-refractivity contribution in [3.8, 4) is 0 Å². The maximum atomic E-state index is 10.4. The lowest BCUT2D eigenvalue weighted by Crippen LogP contribution is -2.36. The van der Waals surface area contributed by atoms with E-state index < -0.39 is 12.0 Å². The van der Waals surface area contributed by atoms with Gasteiger partial charge >= 0.3 is 5.97 Å². The Labute approximate surface area is 95.6 Å². The largest absolute Gasteiger partial charge is 0.480 e. The second-order valence-electron chi connectivity index (χ2n) is 2.83. The molecule has 0 saturated heterocycles. The number of benzene rings is 1. The van der Waals surface area contributed by atoms with Crippen molar-refractivity contribution in [1.82, 2.24) is 0 Å². The number of carboxylic acids is 1. The quantitative estimate of drug-likeness (QED) is 0.729. The molecule has 1 unspecified atom stereocenters. The number of hydrogen-bond acceptors (Lipinski definition) is 3. The Kier molecular flexibility index (Phi) is 4.15. The van der Waals surface area contributed by atoms with Gasteiger partial charge in [0, 0.05) is 15.8 Å². The van der Waals surface area contributed by atoms with Crippen molar-refractivity contribution in [3.63, 3.8) is 0 Å². The van der Waals surface area contributed by atoms with Crippen molar-refractivity contribution in [3.05, 3.63) is 27.8 Å². The Morgan fingerprint density at radius 1 is 1.50 bits per heavy atom. The molecule has 0 aliphatic heterocycles. The van der Waals surface area contributed by atoms with Gasteiger partial charge in [0.15, 0.2) is 0 Å². The van der Waals surface area contributed by atoms with Crippen LogP contribution < -0.4 is 11.1 Å². The molecule has 76 valence electrons. The smallest absolute Gasteiger partial charge is 0.322 e. The molecule has 0 fully saturated rings. The molecule has 0 saturated carbocycles. The van der Waals surface area contributed by atoms with Crippen molar-refractivity contribution in [1.29, 1.82) is 0 Å². The van der Waals surface area contributed by atoms with Crippen LogP contribution in [-0.2, 0) is 4.79 Å². The maximum Gasteiger partial charge on any atom is 0.322 e. The van der Waals surface area contributed by atoms with Gasteiger partial charge in [-0.1, -0.05) is 0 Å². The molecule has 1 rings (SSSR count). The Morgan fingerprint density at radius 3 is 2.57 bits per heavy atom. The molecule has 0 aromatic heterocycles. The average Bonchev–Trinajstić information content (AvgIpc) is 2.16. The van der Waals surface area contributed by atoms with E-state index in [1.165, 1.54) is 0 Å². The van der Waals surface area contributed by atoms with Gasteiger partial charge in [0.05, 0.1) is 0 Å². The molecule has 0 radical (unpaired) electrons. The monoisotopic (exact) mass is 306 g/mol. The van der Waals surface area contributed by atoms with Gasteiger partial charge in [-0.05, 0) is 46.9 Å². The highest BCUT2D eigenvalue weighted by molar-refractivity contribution is 14.1. The highest BCUT2D eigenvalue weighted by atomic mass is 127. The van der Waals surface area contributed by atoms with Crippen molar-refractivity contribution < 1.29 is 9.90 Å². The van der Waals surface area contributed by atoms with Crippen LogP contribution in [0.5, 0.6) is 0 Å². The van der Waals surface area contributed by atoms with E-state index in [-0.39, 0.29) is 6.54 Å². The zero-order valence-electron chi connectivity index (χ0n) is 7.40. The number of anilines is 1. The molecule has 0 amide bonds. The summed E-state index contributed by atoms with van der Waals surface area (Å²) in [5.41, 5.74) is 6.21. The molecule has 0 aliphatic carbocycles. The Balaban J connectivity index is 2.46. The first-order chi connectivity index (χ1) is 6.59. The molecule has 0 spiro atoms. The normalized spacial score (nSPS) is 12.1.